The molecule has 3 aromatic carbocycles. The second-order valence-electron chi connectivity index (χ2n) is 12.5. The number of amides is 4. The van der Waals surface area contributed by atoms with Crippen LogP contribution in [0.2, 0.25) is 0 Å². The number of phenols is 1. The van der Waals surface area contributed by atoms with Gasteiger partial charge in [-0.15, -0.1) is 0 Å². The molecule has 2 saturated heterocycles. The number of hydrogen-bond acceptors (Lipinski definition) is 7. The fourth-order valence-corrected chi connectivity index (χ4v) is 8.23. The number of hydrogen-bond donors (Lipinski definition) is 2. The van der Waals surface area contributed by atoms with Crippen molar-refractivity contribution < 1.29 is 38.9 Å². The van der Waals surface area contributed by atoms with Gasteiger partial charge in [0.1, 0.15) is 0 Å². The molecule has 0 bridgehead atoms. The van der Waals surface area contributed by atoms with E-state index in [1.807, 2.05) is 6.08 Å². The number of phenolic OH excluding ortho intramolecular Hbond substituents is 1. The summed E-state index contributed by atoms with van der Waals surface area (Å²) in [5.41, 5.74) is 0.815. The Labute approximate surface area is 264 Å². The number of aromatic hydroxyl groups is 1. The van der Waals surface area contributed by atoms with Gasteiger partial charge in [-0.25, -0.2) is 9.69 Å². The Morgan fingerprint density at radius 1 is 0.891 bits per heavy atom. The second kappa shape index (κ2) is 10.7. The molecule has 3 aromatic rings. The summed E-state index contributed by atoms with van der Waals surface area (Å²) in [6, 6.07) is 19.4. The van der Waals surface area contributed by atoms with E-state index in [0.29, 0.717) is 17.9 Å². The van der Waals surface area contributed by atoms with Crippen molar-refractivity contribution in [2.75, 3.05) is 16.4 Å². The van der Waals surface area contributed by atoms with Crippen molar-refractivity contribution >= 4 is 41.0 Å². The van der Waals surface area contributed by atoms with Gasteiger partial charge in [-0.05, 0) is 80.6 Å². The lowest BCUT2D eigenvalue weighted by molar-refractivity contribution is -0.131. The Morgan fingerprint density at radius 2 is 1.63 bits per heavy atom. The maximum Gasteiger partial charge on any atom is 0.335 e. The van der Waals surface area contributed by atoms with Crippen molar-refractivity contribution in [3.63, 3.8) is 0 Å². The SMILES string of the molecule is CCOc1cc([C@H]2C3=CC[C@@H]4C(=O)N(c5cccc(C(=O)O)c5)C(=O)[C@@H]4[C@@H]3C[C@H]3C(=O)N(c4ccccc4)C(=O)[C@@]23C)ccc1O. The Balaban J connectivity index is 1.36. The molecule has 0 aromatic heterocycles. The molecule has 10 nitrogen and oxygen atoms in total. The summed E-state index contributed by atoms with van der Waals surface area (Å²) >= 11 is 0. The highest BCUT2D eigenvalue weighted by molar-refractivity contribution is 6.25. The first-order chi connectivity index (χ1) is 22.1. The van der Waals surface area contributed by atoms with Crippen LogP contribution in [0.5, 0.6) is 11.5 Å². The zero-order valence-corrected chi connectivity index (χ0v) is 25.3. The third-order valence-corrected chi connectivity index (χ3v) is 10.3. The van der Waals surface area contributed by atoms with Gasteiger partial charge in [-0.1, -0.05) is 42.0 Å². The van der Waals surface area contributed by atoms with Crippen LogP contribution in [0, 0.1) is 29.1 Å². The van der Waals surface area contributed by atoms with Gasteiger partial charge in [0.15, 0.2) is 11.5 Å². The van der Waals surface area contributed by atoms with Crippen molar-refractivity contribution in [1.29, 1.82) is 0 Å². The van der Waals surface area contributed by atoms with Crippen LogP contribution in [0.4, 0.5) is 11.4 Å². The molecule has 0 unspecified atom stereocenters. The molecule has 7 rings (SSSR count). The molecular weight excluding hydrogens is 588 g/mol. The molecule has 3 fully saturated rings. The molecular formula is C36H32N2O8. The fraction of sp³-hybridized carbons (Fsp3) is 0.306. The van der Waals surface area contributed by atoms with Crippen LogP contribution in [0.3, 0.4) is 0 Å². The van der Waals surface area contributed by atoms with Crippen LogP contribution >= 0.6 is 0 Å². The third kappa shape index (κ3) is 4.12. The van der Waals surface area contributed by atoms with Crippen molar-refractivity contribution in [3.8, 4) is 11.5 Å². The molecule has 46 heavy (non-hydrogen) atoms. The molecule has 2 heterocycles. The van der Waals surface area contributed by atoms with Crippen LogP contribution in [-0.2, 0) is 19.2 Å². The second-order valence-corrected chi connectivity index (χ2v) is 12.5. The van der Waals surface area contributed by atoms with Gasteiger partial charge in [0.25, 0.3) is 0 Å². The fourth-order valence-electron chi connectivity index (χ4n) is 8.23. The molecule has 6 atom stereocenters. The zero-order chi connectivity index (χ0) is 32.5. The minimum Gasteiger partial charge on any atom is -0.504 e. The minimum atomic E-state index is -1.23. The van der Waals surface area contributed by atoms with E-state index in [9.17, 15) is 34.2 Å². The number of carboxylic acids is 1. The van der Waals surface area contributed by atoms with Crippen LogP contribution in [-0.4, -0.2) is 46.4 Å². The molecule has 2 N–H and O–H groups in total. The topological polar surface area (TPSA) is 142 Å². The van der Waals surface area contributed by atoms with Crippen molar-refractivity contribution in [2.24, 2.45) is 29.1 Å². The Hall–Kier alpha value is -5.25. The third-order valence-electron chi connectivity index (χ3n) is 10.3. The number of allylic oxidation sites excluding steroid dienone is 2. The lowest BCUT2D eigenvalue weighted by Gasteiger charge is -2.49. The number of carbonyl (C=O) groups is 5. The number of aromatic carboxylic acids is 1. The van der Waals surface area contributed by atoms with Gasteiger partial charge in [0.2, 0.25) is 23.6 Å². The molecule has 10 heteroatoms. The number of carbonyl (C=O) groups excluding carboxylic acids is 4. The average Bonchev–Trinajstić information content (AvgIpc) is 3.42. The summed E-state index contributed by atoms with van der Waals surface area (Å²) in [6.07, 6.45) is 2.37. The van der Waals surface area contributed by atoms with Crippen LogP contribution in [0.15, 0.2) is 84.4 Å². The van der Waals surface area contributed by atoms with Crippen LogP contribution in [0.25, 0.3) is 0 Å². The molecule has 0 spiro atoms. The largest absolute Gasteiger partial charge is 0.504 e. The van der Waals surface area contributed by atoms with Crippen molar-refractivity contribution in [2.45, 2.75) is 32.6 Å². The number of anilines is 2. The van der Waals surface area contributed by atoms with E-state index in [1.165, 1.54) is 35.2 Å². The van der Waals surface area contributed by atoms with Gasteiger partial charge in [-0.2, -0.15) is 0 Å². The summed E-state index contributed by atoms with van der Waals surface area (Å²) in [5, 5.41) is 20.0. The van der Waals surface area contributed by atoms with E-state index in [4.69, 9.17) is 4.74 Å². The number of nitrogens with zero attached hydrogens (tertiary/aromatic N) is 2. The normalized spacial score (nSPS) is 28.5. The average molecular weight is 621 g/mol. The number of para-hydroxylation sites is 1. The number of imide groups is 2. The number of fused-ring (bicyclic) bond motifs is 4. The summed E-state index contributed by atoms with van der Waals surface area (Å²) in [5.74, 6) is -6.08. The van der Waals surface area contributed by atoms with Gasteiger partial charge >= 0.3 is 5.97 Å². The standard InChI is InChI=1S/C36H32N2O8/c1-3-46-28-17-19(12-15-27(28)39)30-23-13-14-24-29(33(42)37(31(24)40)22-11-7-8-20(16-22)34(43)44)25(23)18-26-32(41)38(35(45)36(26,30)2)21-9-5-4-6-10-21/h4-13,15-17,24-26,29-30,39H,3,14,18H2,1-2H3,(H,43,44)/t24-,25+,26-,29-,30-,36+/m0/s1. The number of benzene rings is 3. The molecule has 2 aliphatic carbocycles. The molecule has 2 aliphatic heterocycles. The summed E-state index contributed by atoms with van der Waals surface area (Å²) < 4.78 is 5.70. The number of rotatable bonds is 6. The smallest absolute Gasteiger partial charge is 0.335 e. The molecule has 4 amide bonds. The molecule has 0 radical (unpaired) electrons. The van der Waals surface area contributed by atoms with Gasteiger partial charge < -0.3 is 14.9 Å². The molecule has 1 saturated carbocycles. The zero-order valence-electron chi connectivity index (χ0n) is 25.3. The first-order valence-electron chi connectivity index (χ1n) is 15.4. The van der Waals surface area contributed by atoms with Crippen molar-refractivity contribution in [3.05, 3.63) is 95.6 Å². The Morgan fingerprint density at radius 3 is 2.35 bits per heavy atom. The number of ether oxygens (including phenoxy) is 1. The Kier molecular flexibility index (Phi) is 6.84. The quantitative estimate of drug-likeness (QED) is 0.292. The highest BCUT2D eigenvalue weighted by Gasteiger charge is 2.67. The molecule has 234 valence electrons. The van der Waals surface area contributed by atoms with E-state index in [2.05, 4.69) is 0 Å². The first kappa shape index (κ1) is 29.5. The van der Waals surface area contributed by atoms with E-state index in [1.54, 1.807) is 56.3 Å². The summed E-state index contributed by atoms with van der Waals surface area (Å²) in [4.78, 5) is 70.8. The minimum absolute atomic E-state index is 0.0474. The van der Waals surface area contributed by atoms with Gasteiger partial charge in [-0.3, -0.25) is 24.1 Å². The Bertz CT molecular complexity index is 1850. The van der Waals surface area contributed by atoms with Crippen LogP contribution in [0.1, 0.15) is 48.5 Å². The lowest BCUT2D eigenvalue weighted by Crippen LogP contribution is -2.48. The van der Waals surface area contributed by atoms with Gasteiger partial charge in [0.05, 0.1) is 46.7 Å². The highest BCUT2D eigenvalue weighted by Crippen LogP contribution is 2.64. The predicted molar refractivity (Wildman–Crippen MR) is 166 cm³/mol. The van der Waals surface area contributed by atoms with E-state index >= 15 is 0 Å². The van der Waals surface area contributed by atoms with Crippen LogP contribution < -0.4 is 14.5 Å². The van der Waals surface area contributed by atoms with Crippen molar-refractivity contribution in [1.82, 2.24) is 0 Å². The molecule has 4 aliphatic rings. The van der Waals surface area contributed by atoms with Gasteiger partial charge in [0, 0.05) is 5.92 Å². The summed E-state index contributed by atoms with van der Waals surface area (Å²) in [6.45, 7) is 3.89. The highest BCUT2D eigenvalue weighted by atomic mass is 16.5. The summed E-state index contributed by atoms with van der Waals surface area (Å²) in [7, 11) is 0. The monoisotopic (exact) mass is 620 g/mol. The van der Waals surface area contributed by atoms with E-state index in [0.717, 1.165) is 10.5 Å². The number of carboxylic acid groups (broad SMARTS) is 1. The maximum absolute atomic E-state index is 14.5. The lowest BCUT2D eigenvalue weighted by atomic mass is 9.51. The first-order valence-corrected chi connectivity index (χ1v) is 15.4. The predicted octanol–water partition coefficient (Wildman–Crippen LogP) is 4.92. The van der Waals surface area contributed by atoms with E-state index < -0.39 is 52.8 Å². The maximum atomic E-state index is 14.5. The van der Waals surface area contributed by atoms with E-state index in [-0.39, 0.29) is 47.4 Å².